The van der Waals surface area contributed by atoms with E-state index in [1.165, 1.54) is 19.3 Å². The Morgan fingerprint density at radius 1 is 1.29 bits per heavy atom. The molecule has 1 N–H and O–H groups in total. The van der Waals surface area contributed by atoms with E-state index < -0.39 is 0 Å². The lowest BCUT2D eigenvalue weighted by atomic mass is 9.72. The molecule has 0 unspecified atom stereocenters. The van der Waals surface area contributed by atoms with Gasteiger partial charge in [0.25, 0.3) is 5.56 Å². The normalized spacial score (nSPS) is 21.2. The number of nitrogens with one attached hydrogen (secondary N) is 1. The highest BCUT2D eigenvalue weighted by Gasteiger charge is 2.31. The molecule has 24 heavy (non-hydrogen) atoms. The molecule has 0 amide bonds. The highest BCUT2D eigenvalue weighted by atomic mass is 16.1. The first-order valence-corrected chi connectivity index (χ1v) is 9.31. The van der Waals surface area contributed by atoms with Crippen molar-refractivity contribution in [2.75, 3.05) is 13.1 Å². The Morgan fingerprint density at radius 2 is 2.04 bits per heavy atom. The fraction of sp³-hybridized carbons (Fsp3) is 0.700. The van der Waals surface area contributed by atoms with Crippen LogP contribution in [0.2, 0.25) is 0 Å². The van der Waals surface area contributed by atoms with Crippen molar-refractivity contribution in [2.45, 2.75) is 72.8 Å². The maximum atomic E-state index is 12.5. The number of fused-ring (bicyclic) bond motifs is 1. The van der Waals surface area contributed by atoms with Gasteiger partial charge in [-0.1, -0.05) is 38.8 Å². The summed E-state index contributed by atoms with van der Waals surface area (Å²) < 4.78 is 0. The maximum absolute atomic E-state index is 12.5. The minimum atomic E-state index is 0.0574. The minimum absolute atomic E-state index is 0.0574. The summed E-state index contributed by atoms with van der Waals surface area (Å²) >= 11 is 0. The summed E-state index contributed by atoms with van der Waals surface area (Å²) in [6.07, 6.45) is 4.67. The topological polar surface area (TPSA) is 49.0 Å². The molecule has 1 aliphatic heterocycles. The van der Waals surface area contributed by atoms with Gasteiger partial charge in [-0.2, -0.15) is 0 Å². The lowest BCUT2D eigenvalue weighted by Gasteiger charge is -2.38. The van der Waals surface area contributed by atoms with Gasteiger partial charge in [0, 0.05) is 32.0 Å². The standard InChI is InChI=1S/C20H31N3O/c1-13(2)18-21-17-8-10-23(11-15(17)19(24)22-18)12-16-14(3)7-6-9-20(16,4)5/h13H,6-12H2,1-5H3,(H,21,22,24). The molecule has 0 bridgehead atoms. The van der Waals surface area contributed by atoms with Crippen molar-refractivity contribution in [3.63, 3.8) is 0 Å². The van der Waals surface area contributed by atoms with Crippen LogP contribution in [-0.2, 0) is 13.0 Å². The van der Waals surface area contributed by atoms with Gasteiger partial charge in [0.05, 0.1) is 11.3 Å². The van der Waals surface area contributed by atoms with Crippen LogP contribution in [0.1, 0.15) is 76.9 Å². The number of hydrogen-bond donors (Lipinski definition) is 1. The van der Waals surface area contributed by atoms with Crippen LogP contribution >= 0.6 is 0 Å². The molecule has 0 atom stereocenters. The molecule has 2 aliphatic rings. The summed E-state index contributed by atoms with van der Waals surface area (Å²) in [5.41, 5.74) is 5.36. The summed E-state index contributed by atoms with van der Waals surface area (Å²) in [7, 11) is 0. The zero-order valence-electron chi connectivity index (χ0n) is 15.8. The molecule has 4 heteroatoms. The van der Waals surface area contributed by atoms with E-state index in [0.717, 1.165) is 43.1 Å². The Bertz CT molecular complexity index is 712. The summed E-state index contributed by atoms with van der Waals surface area (Å²) in [6, 6.07) is 0. The highest BCUT2D eigenvalue weighted by Crippen LogP contribution is 2.40. The maximum Gasteiger partial charge on any atom is 0.255 e. The van der Waals surface area contributed by atoms with E-state index in [0.29, 0.717) is 0 Å². The number of aromatic amines is 1. The molecule has 0 radical (unpaired) electrons. The zero-order valence-corrected chi connectivity index (χ0v) is 15.8. The van der Waals surface area contributed by atoms with Crippen LogP contribution in [0.4, 0.5) is 0 Å². The molecule has 0 saturated heterocycles. The number of hydrogen-bond acceptors (Lipinski definition) is 3. The smallest absolute Gasteiger partial charge is 0.255 e. The molecular weight excluding hydrogens is 298 g/mol. The van der Waals surface area contributed by atoms with Crippen molar-refractivity contribution >= 4 is 0 Å². The van der Waals surface area contributed by atoms with Crippen molar-refractivity contribution < 1.29 is 0 Å². The lowest BCUT2D eigenvalue weighted by molar-refractivity contribution is 0.238. The SMILES string of the molecule is CC1=C(CN2CCc3nc(C(C)C)[nH]c(=O)c3C2)C(C)(C)CCC1. The number of H-pyrrole nitrogens is 1. The first-order valence-electron chi connectivity index (χ1n) is 9.31. The summed E-state index contributed by atoms with van der Waals surface area (Å²) in [5, 5.41) is 0. The average Bonchev–Trinajstić information content (AvgIpc) is 2.51. The number of rotatable bonds is 3. The van der Waals surface area contributed by atoms with Crippen LogP contribution in [0.25, 0.3) is 0 Å². The third-order valence-electron chi connectivity index (χ3n) is 5.78. The van der Waals surface area contributed by atoms with Gasteiger partial charge >= 0.3 is 0 Å². The number of allylic oxidation sites excluding steroid dienone is 1. The van der Waals surface area contributed by atoms with Gasteiger partial charge in [-0.3, -0.25) is 9.69 Å². The summed E-state index contributed by atoms with van der Waals surface area (Å²) in [6.45, 7) is 13.9. The molecule has 3 rings (SSSR count). The average molecular weight is 329 g/mol. The Hall–Kier alpha value is -1.42. The third kappa shape index (κ3) is 3.34. The van der Waals surface area contributed by atoms with Gasteiger partial charge in [-0.25, -0.2) is 4.98 Å². The van der Waals surface area contributed by atoms with E-state index in [1.54, 1.807) is 11.1 Å². The fourth-order valence-corrected chi connectivity index (χ4v) is 4.16. The fourth-order valence-electron chi connectivity index (χ4n) is 4.16. The van der Waals surface area contributed by atoms with E-state index in [1.807, 2.05) is 0 Å². The van der Waals surface area contributed by atoms with Crippen LogP contribution in [0.5, 0.6) is 0 Å². The van der Waals surface area contributed by atoms with Crippen LogP contribution in [0.3, 0.4) is 0 Å². The second-order valence-corrected chi connectivity index (χ2v) is 8.49. The molecule has 0 aromatic carbocycles. The van der Waals surface area contributed by atoms with E-state index in [2.05, 4.69) is 44.5 Å². The Kier molecular flexibility index (Phi) is 4.69. The van der Waals surface area contributed by atoms with Gasteiger partial charge < -0.3 is 4.98 Å². The molecule has 0 fully saturated rings. The molecule has 2 heterocycles. The minimum Gasteiger partial charge on any atom is -0.310 e. The van der Waals surface area contributed by atoms with E-state index in [9.17, 15) is 4.79 Å². The lowest BCUT2D eigenvalue weighted by Crippen LogP contribution is -2.39. The van der Waals surface area contributed by atoms with Crippen LogP contribution in [0, 0.1) is 5.41 Å². The molecule has 1 aromatic rings. The summed E-state index contributed by atoms with van der Waals surface area (Å²) in [4.78, 5) is 22.6. The molecule has 1 aliphatic carbocycles. The van der Waals surface area contributed by atoms with E-state index in [-0.39, 0.29) is 16.9 Å². The molecule has 4 nitrogen and oxygen atoms in total. The van der Waals surface area contributed by atoms with Gasteiger partial charge in [-0.15, -0.1) is 0 Å². The van der Waals surface area contributed by atoms with Gasteiger partial charge in [0.2, 0.25) is 0 Å². The van der Waals surface area contributed by atoms with E-state index >= 15 is 0 Å². The third-order valence-corrected chi connectivity index (χ3v) is 5.78. The predicted octanol–water partition coefficient (Wildman–Crippen LogP) is 3.78. The largest absolute Gasteiger partial charge is 0.310 e. The van der Waals surface area contributed by atoms with E-state index in [4.69, 9.17) is 4.98 Å². The van der Waals surface area contributed by atoms with Gasteiger partial charge in [-0.05, 0) is 31.6 Å². The number of nitrogens with zero attached hydrogens (tertiary/aromatic N) is 2. The molecule has 1 aromatic heterocycles. The summed E-state index contributed by atoms with van der Waals surface area (Å²) in [5.74, 6) is 1.08. The molecular formula is C20H31N3O. The van der Waals surface area contributed by atoms with Crippen molar-refractivity contribution in [1.29, 1.82) is 0 Å². The molecule has 0 saturated carbocycles. The second-order valence-electron chi connectivity index (χ2n) is 8.49. The first-order chi connectivity index (χ1) is 11.3. The van der Waals surface area contributed by atoms with Crippen LogP contribution < -0.4 is 5.56 Å². The highest BCUT2D eigenvalue weighted by molar-refractivity contribution is 5.26. The second kappa shape index (κ2) is 6.47. The molecule has 132 valence electrons. The van der Waals surface area contributed by atoms with Gasteiger partial charge in [0.1, 0.15) is 5.82 Å². The Balaban J connectivity index is 1.82. The van der Waals surface area contributed by atoms with Crippen molar-refractivity contribution in [1.82, 2.24) is 14.9 Å². The quantitative estimate of drug-likeness (QED) is 0.859. The van der Waals surface area contributed by atoms with Crippen molar-refractivity contribution in [2.24, 2.45) is 5.41 Å². The van der Waals surface area contributed by atoms with Gasteiger partial charge in [0.15, 0.2) is 0 Å². The molecule has 0 spiro atoms. The van der Waals surface area contributed by atoms with Crippen LogP contribution in [-0.4, -0.2) is 28.0 Å². The number of aromatic nitrogens is 2. The zero-order chi connectivity index (χ0) is 17.5. The first kappa shape index (κ1) is 17.4. The van der Waals surface area contributed by atoms with Crippen LogP contribution in [0.15, 0.2) is 15.9 Å². The van der Waals surface area contributed by atoms with Crippen molar-refractivity contribution in [3.05, 3.63) is 38.6 Å². The Morgan fingerprint density at radius 3 is 2.71 bits per heavy atom. The monoisotopic (exact) mass is 329 g/mol. The Labute approximate surface area is 145 Å². The predicted molar refractivity (Wildman–Crippen MR) is 98.3 cm³/mol. The van der Waals surface area contributed by atoms with Crippen molar-refractivity contribution in [3.8, 4) is 0 Å².